The second kappa shape index (κ2) is 9.21. The van der Waals surface area contributed by atoms with E-state index in [9.17, 15) is 13.2 Å². The number of methoxy groups -OCH3 is 2. The number of hydrogen-bond donors (Lipinski definition) is 1. The summed E-state index contributed by atoms with van der Waals surface area (Å²) in [5, 5.41) is 3.90. The van der Waals surface area contributed by atoms with Crippen molar-refractivity contribution in [1.82, 2.24) is 10.1 Å². The molecule has 0 fully saturated rings. The fraction of sp³-hybridized carbons (Fsp3) is 0.318. The number of fused-ring (bicyclic) bond motifs is 1. The number of amides is 1. The minimum atomic E-state index is -3.98. The van der Waals surface area contributed by atoms with Crippen LogP contribution in [0.3, 0.4) is 0 Å². The van der Waals surface area contributed by atoms with Gasteiger partial charge in [-0.15, -0.1) is 0 Å². The molecule has 34 heavy (non-hydrogen) atoms. The fourth-order valence-electron chi connectivity index (χ4n) is 3.54. The van der Waals surface area contributed by atoms with Crippen molar-refractivity contribution in [3.8, 4) is 17.2 Å². The number of carbonyl (C=O) groups is 1. The highest BCUT2D eigenvalue weighted by molar-refractivity contribution is 7.92. The second-order valence-electron chi connectivity index (χ2n) is 7.49. The van der Waals surface area contributed by atoms with Gasteiger partial charge >= 0.3 is 0 Å². The van der Waals surface area contributed by atoms with Crippen molar-refractivity contribution in [3.05, 3.63) is 47.6 Å². The van der Waals surface area contributed by atoms with Gasteiger partial charge in [0.05, 0.1) is 37.0 Å². The molecule has 0 aliphatic carbocycles. The van der Waals surface area contributed by atoms with Crippen LogP contribution in [0.15, 0.2) is 39.8 Å². The first kappa shape index (κ1) is 23.4. The molecule has 0 unspecified atom stereocenters. The summed E-state index contributed by atoms with van der Waals surface area (Å²) in [6, 6.07) is 7.69. The van der Waals surface area contributed by atoms with Crippen molar-refractivity contribution in [3.63, 3.8) is 0 Å². The van der Waals surface area contributed by atoms with E-state index >= 15 is 0 Å². The van der Waals surface area contributed by atoms with Crippen LogP contribution in [0.25, 0.3) is 0 Å². The minimum Gasteiger partial charge on any atom is -0.493 e. The normalized spacial score (nSPS) is 13.3. The van der Waals surface area contributed by atoms with Gasteiger partial charge in [-0.05, 0) is 30.7 Å². The predicted molar refractivity (Wildman–Crippen MR) is 122 cm³/mol. The Hall–Kier alpha value is -3.80. The Morgan fingerprint density at radius 2 is 1.91 bits per heavy atom. The average molecular weight is 489 g/mol. The number of hydrogen-bond acceptors (Lipinski definition) is 9. The van der Waals surface area contributed by atoms with E-state index in [0.29, 0.717) is 46.6 Å². The standard InChI is InChI=1S/C22H24N4O7S/c1-5-21-23-20(24-33-21)11-26-15-8-13(2)19(10-17(15)32-12-22(26)27)34(28,29)25-14-6-7-16(30-3)18(9-14)31-4/h6-10,25H,5,11-12H2,1-4H3. The highest BCUT2D eigenvalue weighted by atomic mass is 32.2. The van der Waals surface area contributed by atoms with Gasteiger partial charge in [0.25, 0.3) is 15.9 Å². The first-order chi connectivity index (χ1) is 16.2. The smallest absolute Gasteiger partial charge is 0.265 e. The summed E-state index contributed by atoms with van der Waals surface area (Å²) < 4.78 is 50.0. The number of nitrogens with zero attached hydrogens (tertiary/aromatic N) is 3. The van der Waals surface area contributed by atoms with Gasteiger partial charge in [-0.2, -0.15) is 4.98 Å². The van der Waals surface area contributed by atoms with E-state index in [-0.39, 0.29) is 29.7 Å². The van der Waals surface area contributed by atoms with Crippen LogP contribution in [0.4, 0.5) is 11.4 Å². The molecule has 0 atom stereocenters. The molecule has 1 amide bonds. The summed E-state index contributed by atoms with van der Waals surface area (Å²) in [4.78, 5) is 18.3. The van der Waals surface area contributed by atoms with Gasteiger partial charge in [0, 0.05) is 18.6 Å². The first-order valence-corrected chi connectivity index (χ1v) is 11.9. The maximum atomic E-state index is 13.2. The fourth-order valence-corrected chi connectivity index (χ4v) is 4.84. The summed E-state index contributed by atoms with van der Waals surface area (Å²) in [6.07, 6.45) is 0.577. The topological polar surface area (TPSA) is 133 Å². The Morgan fingerprint density at radius 3 is 2.59 bits per heavy atom. The van der Waals surface area contributed by atoms with Crippen molar-refractivity contribution in [2.24, 2.45) is 0 Å². The SMILES string of the molecule is CCc1nc(CN2C(=O)COc3cc(S(=O)(=O)Nc4ccc(OC)c(OC)c4)c(C)cc32)no1. The van der Waals surface area contributed by atoms with Gasteiger partial charge in [-0.25, -0.2) is 8.42 Å². The van der Waals surface area contributed by atoms with E-state index in [4.69, 9.17) is 18.7 Å². The highest BCUT2D eigenvalue weighted by Crippen LogP contribution is 2.38. The Balaban J connectivity index is 1.65. The van der Waals surface area contributed by atoms with Crippen LogP contribution in [0.1, 0.15) is 24.2 Å². The number of aryl methyl sites for hydroxylation is 2. The third-order valence-corrected chi connectivity index (χ3v) is 6.76. The zero-order valence-corrected chi connectivity index (χ0v) is 19.9. The molecule has 4 rings (SSSR count). The highest BCUT2D eigenvalue weighted by Gasteiger charge is 2.30. The average Bonchev–Trinajstić information content (AvgIpc) is 3.28. The third-order valence-electron chi connectivity index (χ3n) is 5.24. The molecule has 3 aromatic rings. The molecule has 1 aliphatic heterocycles. The molecule has 0 bridgehead atoms. The molecule has 11 nitrogen and oxygen atoms in total. The Labute approximate surface area is 196 Å². The lowest BCUT2D eigenvalue weighted by Gasteiger charge is -2.29. The van der Waals surface area contributed by atoms with E-state index in [1.165, 1.54) is 31.3 Å². The maximum Gasteiger partial charge on any atom is 0.265 e. The number of carbonyl (C=O) groups excluding carboxylic acids is 1. The molecular formula is C22H24N4O7S. The van der Waals surface area contributed by atoms with Crippen molar-refractivity contribution in [2.45, 2.75) is 31.7 Å². The Kier molecular flexibility index (Phi) is 6.33. The molecule has 0 saturated heterocycles. The van der Waals surface area contributed by atoms with Crippen molar-refractivity contribution in [2.75, 3.05) is 30.4 Å². The van der Waals surface area contributed by atoms with E-state index in [1.54, 1.807) is 25.1 Å². The van der Waals surface area contributed by atoms with Gasteiger partial charge in [0.15, 0.2) is 23.9 Å². The van der Waals surface area contributed by atoms with Gasteiger partial charge < -0.3 is 18.7 Å². The first-order valence-electron chi connectivity index (χ1n) is 10.4. The van der Waals surface area contributed by atoms with Crippen LogP contribution in [-0.2, 0) is 27.8 Å². The van der Waals surface area contributed by atoms with Crippen molar-refractivity contribution in [1.29, 1.82) is 0 Å². The van der Waals surface area contributed by atoms with Gasteiger partial charge in [-0.3, -0.25) is 14.4 Å². The number of anilines is 2. The summed E-state index contributed by atoms with van der Waals surface area (Å²) in [7, 11) is -1.02. The van der Waals surface area contributed by atoms with Crippen LogP contribution in [0.5, 0.6) is 17.2 Å². The number of benzene rings is 2. The largest absolute Gasteiger partial charge is 0.493 e. The molecule has 1 N–H and O–H groups in total. The molecule has 180 valence electrons. The van der Waals surface area contributed by atoms with Crippen LogP contribution in [-0.4, -0.2) is 45.3 Å². The lowest BCUT2D eigenvalue weighted by atomic mass is 10.1. The quantitative estimate of drug-likeness (QED) is 0.508. The molecule has 0 saturated carbocycles. The van der Waals surface area contributed by atoms with Crippen LogP contribution < -0.4 is 23.8 Å². The number of nitrogens with one attached hydrogen (secondary N) is 1. The molecule has 2 heterocycles. The molecule has 12 heteroatoms. The van der Waals surface area contributed by atoms with Gasteiger partial charge in [0.2, 0.25) is 5.89 Å². The Bertz CT molecular complexity index is 1340. The van der Waals surface area contributed by atoms with Gasteiger partial charge in [0.1, 0.15) is 5.75 Å². The number of aromatic nitrogens is 2. The third kappa shape index (κ3) is 4.49. The lowest BCUT2D eigenvalue weighted by molar-refractivity contribution is -0.121. The van der Waals surface area contributed by atoms with Crippen molar-refractivity contribution >= 4 is 27.3 Å². The summed E-state index contributed by atoms with van der Waals surface area (Å²) in [5.74, 6) is 1.64. The number of rotatable bonds is 8. The summed E-state index contributed by atoms with van der Waals surface area (Å²) in [5.41, 5.74) is 1.16. The zero-order chi connectivity index (χ0) is 24.5. The predicted octanol–water partition coefficient (Wildman–Crippen LogP) is 2.68. The zero-order valence-electron chi connectivity index (χ0n) is 19.1. The van der Waals surface area contributed by atoms with E-state index in [1.807, 2.05) is 6.92 Å². The monoisotopic (exact) mass is 488 g/mol. The van der Waals surface area contributed by atoms with E-state index in [0.717, 1.165) is 0 Å². The van der Waals surface area contributed by atoms with Gasteiger partial charge in [-0.1, -0.05) is 12.1 Å². The summed E-state index contributed by atoms with van der Waals surface area (Å²) >= 11 is 0. The molecular weight excluding hydrogens is 464 g/mol. The van der Waals surface area contributed by atoms with Crippen molar-refractivity contribution < 1.29 is 31.9 Å². The second-order valence-corrected chi connectivity index (χ2v) is 9.14. The molecule has 0 radical (unpaired) electrons. The van der Waals surface area contributed by atoms with E-state index in [2.05, 4.69) is 14.9 Å². The lowest BCUT2D eigenvalue weighted by Crippen LogP contribution is -2.38. The van der Waals surface area contributed by atoms with Crippen LogP contribution in [0.2, 0.25) is 0 Å². The molecule has 1 aliphatic rings. The molecule has 1 aromatic heterocycles. The molecule has 2 aromatic carbocycles. The molecule has 0 spiro atoms. The van der Waals surface area contributed by atoms with Crippen LogP contribution in [0, 0.1) is 6.92 Å². The maximum absolute atomic E-state index is 13.2. The Morgan fingerprint density at radius 1 is 1.15 bits per heavy atom. The van der Waals surface area contributed by atoms with E-state index < -0.39 is 10.0 Å². The number of sulfonamides is 1. The number of ether oxygens (including phenoxy) is 3. The minimum absolute atomic E-state index is 0.0168. The summed E-state index contributed by atoms with van der Waals surface area (Å²) in [6.45, 7) is 3.36. The van der Waals surface area contributed by atoms with Crippen LogP contribution >= 0.6 is 0 Å².